The molecule has 0 bridgehead atoms. The topological polar surface area (TPSA) is 21.7 Å². The fraction of sp³-hybridized carbons (Fsp3) is 1.00. The predicted molar refractivity (Wildman–Crippen MR) is 73.2 cm³/mol. The van der Waals surface area contributed by atoms with Gasteiger partial charge >= 0.3 is 0 Å². The van der Waals surface area contributed by atoms with E-state index in [1.54, 1.807) is 0 Å². The van der Waals surface area contributed by atoms with Crippen molar-refractivity contribution in [2.24, 2.45) is 5.41 Å². The van der Waals surface area contributed by atoms with E-state index in [2.05, 4.69) is 39.6 Å². The zero-order chi connectivity index (χ0) is 13.5. The standard InChI is InChI=1S/C14H31NO2/c1-8-16-13(17-9-2)10-11-15(7)12(3)14(4,5)6/h12-13H,8-11H2,1-7H3. The highest BCUT2D eigenvalue weighted by atomic mass is 16.7. The summed E-state index contributed by atoms with van der Waals surface area (Å²) in [5.41, 5.74) is 0.307. The van der Waals surface area contributed by atoms with Gasteiger partial charge in [0.05, 0.1) is 0 Å². The summed E-state index contributed by atoms with van der Waals surface area (Å²) in [5.74, 6) is 0. The van der Waals surface area contributed by atoms with Crippen LogP contribution in [0.1, 0.15) is 48.0 Å². The quantitative estimate of drug-likeness (QED) is 0.613. The van der Waals surface area contributed by atoms with E-state index >= 15 is 0 Å². The Kier molecular flexibility index (Phi) is 8.01. The maximum Gasteiger partial charge on any atom is 0.158 e. The van der Waals surface area contributed by atoms with Crippen LogP contribution < -0.4 is 0 Å². The summed E-state index contributed by atoms with van der Waals surface area (Å²) < 4.78 is 11.1. The number of hydrogen-bond acceptors (Lipinski definition) is 3. The van der Waals surface area contributed by atoms with E-state index in [0.717, 1.165) is 13.0 Å². The molecule has 3 nitrogen and oxygen atoms in total. The molecule has 0 aliphatic rings. The van der Waals surface area contributed by atoms with Crippen LogP contribution in [0.4, 0.5) is 0 Å². The van der Waals surface area contributed by atoms with Crippen molar-refractivity contribution in [3.63, 3.8) is 0 Å². The zero-order valence-corrected chi connectivity index (χ0v) is 12.7. The Bertz CT molecular complexity index is 183. The highest BCUT2D eigenvalue weighted by molar-refractivity contribution is 4.77. The largest absolute Gasteiger partial charge is 0.353 e. The Morgan fingerprint density at radius 2 is 1.53 bits per heavy atom. The minimum absolute atomic E-state index is 0.0559. The van der Waals surface area contributed by atoms with Crippen molar-refractivity contribution < 1.29 is 9.47 Å². The summed E-state index contributed by atoms with van der Waals surface area (Å²) in [6.07, 6.45) is 0.873. The number of nitrogens with zero attached hydrogens (tertiary/aromatic N) is 1. The minimum Gasteiger partial charge on any atom is -0.353 e. The van der Waals surface area contributed by atoms with Crippen LogP contribution in [0.15, 0.2) is 0 Å². The SMILES string of the molecule is CCOC(CCN(C)C(C)C(C)(C)C)OCC. The van der Waals surface area contributed by atoms with Crippen LogP contribution in [0.3, 0.4) is 0 Å². The van der Waals surface area contributed by atoms with Gasteiger partial charge in [0.2, 0.25) is 0 Å². The Morgan fingerprint density at radius 1 is 1.06 bits per heavy atom. The molecule has 0 aromatic carbocycles. The summed E-state index contributed by atoms with van der Waals surface area (Å²) in [7, 11) is 2.17. The van der Waals surface area contributed by atoms with Gasteiger partial charge in [-0.1, -0.05) is 20.8 Å². The van der Waals surface area contributed by atoms with Crippen molar-refractivity contribution in [1.29, 1.82) is 0 Å². The van der Waals surface area contributed by atoms with Crippen LogP contribution in [0.5, 0.6) is 0 Å². The van der Waals surface area contributed by atoms with E-state index in [0.29, 0.717) is 24.7 Å². The van der Waals surface area contributed by atoms with Gasteiger partial charge in [-0.15, -0.1) is 0 Å². The van der Waals surface area contributed by atoms with Crippen LogP contribution >= 0.6 is 0 Å². The highest BCUT2D eigenvalue weighted by Crippen LogP contribution is 2.23. The molecular weight excluding hydrogens is 214 g/mol. The molecule has 0 saturated heterocycles. The average molecular weight is 245 g/mol. The monoisotopic (exact) mass is 245 g/mol. The zero-order valence-electron chi connectivity index (χ0n) is 12.7. The molecular formula is C14H31NO2. The average Bonchev–Trinajstić information content (AvgIpc) is 2.23. The fourth-order valence-corrected chi connectivity index (χ4v) is 1.75. The van der Waals surface area contributed by atoms with E-state index in [4.69, 9.17) is 9.47 Å². The first-order chi connectivity index (χ1) is 7.82. The Labute approximate surface area is 107 Å². The summed E-state index contributed by atoms with van der Waals surface area (Å²) >= 11 is 0. The van der Waals surface area contributed by atoms with Gasteiger partial charge < -0.3 is 14.4 Å². The molecule has 0 aromatic rings. The molecule has 0 aromatic heterocycles. The van der Waals surface area contributed by atoms with Gasteiger partial charge in [0.1, 0.15) is 0 Å². The maximum absolute atomic E-state index is 5.55. The van der Waals surface area contributed by atoms with Gasteiger partial charge in [-0.25, -0.2) is 0 Å². The first-order valence-electron chi connectivity index (χ1n) is 6.76. The smallest absolute Gasteiger partial charge is 0.158 e. The summed E-state index contributed by atoms with van der Waals surface area (Å²) in [6.45, 7) is 15.5. The van der Waals surface area contributed by atoms with Crippen molar-refractivity contribution in [2.45, 2.75) is 60.3 Å². The lowest BCUT2D eigenvalue weighted by molar-refractivity contribution is -0.142. The molecule has 0 rings (SSSR count). The molecule has 1 atom stereocenters. The lowest BCUT2D eigenvalue weighted by Gasteiger charge is -2.36. The molecule has 17 heavy (non-hydrogen) atoms. The van der Waals surface area contributed by atoms with E-state index in [9.17, 15) is 0 Å². The van der Waals surface area contributed by atoms with Gasteiger partial charge in [-0.2, -0.15) is 0 Å². The van der Waals surface area contributed by atoms with Gasteiger partial charge in [-0.05, 0) is 33.2 Å². The van der Waals surface area contributed by atoms with Crippen LogP contribution in [-0.2, 0) is 9.47 Å². The van der Waals surface area contributed by atoms with Gasteiger partial charge in [0.15, 0.2) is 6.29 Å². The summed E-state index contributed by atoms with van der Waals surface area (Å²) in [6, 6.07) is 0.548. The lowest BCUT2D eigenvalue weighted by atomic mass is 9.87. The van der Waals surface area contributed by atoms with Crippen LogP contribution in [0.25, 0.3) is 0 Å². The molecule has 3 heteroatoms. The molecule has 0 fully saturated rings. The summed E-state index contributed by atoms with van der Waals surface area (Å²) in [4.78, 5) is 2.38. The third-order valence-corrected chi connectivity index (χ3v) is 3.34. The fourth-order valence-electron chi connectivity index (χ4n) is 1.75. The first-order valence-corrected chi connectivity index (χ1v) is 6.76. The van der Waals surface area contributed by atoms with Crippen LogP contribution in [-0.4, -0.2) is 44.0 Å². The lowest BCUT2D eigenvalue weighted by Crippen LogP contribution is -2.41. The molecule has 0 spiro atoms. The Morgan fingerprint density at radius 3 is 1.88 bits per heavy atom. The van der Waals surface area contributed by atoms with Crippen molar-refractivity contribution in [3.05, 3.63) is 0 Å². The highest BCUT2D eigenvalue weighted by Gasteiger charge is 2.24. The second-order valence-corrected chi connectivity index (χ2v) is 5.65. The first kappa shape index (κ1) is 16.9. The maximum atomic E-state index is 5.55. The van der Waals surface area contributed by atoms with Crippen LogP contribution in [0.2, 0.25) is 0 Å². The molecule has 0 radical (unpaired) electrons. The molecule has 0 heterocycles. The van der Waals surface area contributed by atoms with Crippen molar-refractivity contribution in [2.75, 3.05) is 26.8 Å². The number of ether oxygens (including phenoxy) is 2. The van der Waals surface area contributed by atoms with Gasteiger partial charge in [-0.3, -0.25) is 0 Å². The normalized spacial score (nSPS) is 14.6. The third kappa shape index (κ3) is 7.02. The van der Waals surface area contributed by atoms with Crippen molar-refractivity contribution in [3.8, 4) is 0 Å². The minimum atomic E-state index is -0.0559. The van der Waals surface area contributed by atoms with E-state index in [-0.39, 0.29) is 6.29 Å². The van der Waals surface area contributed by atoms with Gasteiger partial charge in [0, 0.05) is 32.2 Å². The number of hydrogen-bond donors (Lipinski definition) is 0. The van der Waals surface area contributed by atoms with E-state index < -0.39 is 0 Å². The summed E-state index contributed by atoms with van der Waals surface area (Å²) in [5, 5.41) is 0. The van der Waals surface area contributed by atoms with Crippen LogP contribution in [0, 0.1) is 5.41 Å². The van der Waals surface area contributed by atoms with Crippen molar-refractivity contribution >= 4 is 0 Å². The Balaban J connectivity index is 4.06. The van der Waals surface area contributed by atoms with Crippen molar-refractivity contribution in [1.82, 2.24) is 4.90 Å². The van der Waals surface area contributed by atoms with E-state index in [1.165, 1.54) is 0 Å². The molecule has 1 unspecified atom stereocenters. The molecule has 0 saturated carbocycles. The Hall–Kier alpha value is -0.120. The third-order valence-electron chi connectivity index (χ3n) is 3.34. The second-order valence-electron chi connectivity index (χ2n) is 5.65. The second kappa shape index (κ2) is 8.06. The molecule has 104 valence electrons. The van der Waals surface area contributed by atoms with Gasteiger partial charge in [0.25, 0.3) is 0 Å². The molecule has 0 aliphatic heterocycles. The molecule has 0 aliphatic carbocycles. The molecule has 0 N–H and O–H groups in total. The predicted octanol–water partition coefficient (Wildman–Crippen LogP) is 3.14. The number of rotatable bonds is 8. The van der Waals surface area contributed by atoms with E-state index in [1.807, 2.05) is 13.8 Å². The molecule has 0 amide bonds.